The highest BCUT2D eigenvalue weighted by Crippen LogP contribution is 2.34. The Labute approximate surface area is 123 Å². The average molecular weight is 292 g/mol. The Hall–Kier alpha value is -0.740. The third kappa shape index (κ3) is 2.90. The van der Waals surface area contributed by atoms with E-state index in [1.807, 2.05) is 0 Å². The monoisotopic (exact) mass is 292 g/mol. The van der Waals surface area contributed by atoms with Gasteiger partial charge in [0.15, 0.2) is 5.13 Å². The van der Waals surface area contributed by atoms with Crippen molar-refractivity contribution in [2.24, 2.45) is 0 Å². The Morgan fingerprint density at radius 1 is 1.42 bits per heavy atom. The molecule has 1 aliphatic carbocycles. The van der Waals surface area contributed by atoms with Gasteiger partial charge in [0, 0.05) is 11.3 Å². The smallest absolute Gasteiger partial charge is 0.184 e. The maximum absolute atomic E-state index is 4.73. The standard InChI is InChI=1S/C15H20N2S2/c1-3-18-13-6-4-5-11(13)16-15-17-12-9-10(2)7-8-14(12)19-15/h7-9,11,13H,3-6H2,1-2H3,(H,16,17). The molecule has 1 aromatic carbocycles. The van der Waals surface area contributed by atoms with Crippen molar-refractivity contribution in [3.63, 3.8) is 0 Å². The molecule has 19 heavy (non-hydrogen) atoms. The molecule has 0 aliphatic heterocycles. The second-order valence-electron chi connectivity index (χ2n) is 5.17. The van der Waals surface area contributed by atoms with Gasteiger partial charge in [0.05, 0.1) is 10.2 Å². The topological polar surface area (TPSA) is 24.9 Å². The molecule has 2 nitrogen and oxygen atoms in total. The molecule has 1 N–H and O–H groups in total. The maximum Gasteiger partial charge on any atom is 0.184 e. The van der Waals surface area contributed by atoms with Gasteiger partial charge in [-0.05, 0) is 43.2 Å². The van der Waals surface area contributed by atoms with E-state index in [9.17, 15) is 0 Å². The number of rotatable bonds is 4. The number of anilines is 1. The van der Waals surface area contributed by atoms with Crippen LogP contribution in [-0.4, -0.2) is 22.0 Å². The van der Waals surface area contributed by atoms with Gasteiger partial charge < -0.3 is 5.32 Å². The molecule has 2 aromatic rings. The van der Waals surface area contributed by atoms with Crippen LogP contribution in [0.15, 0.2) is 18.2 Å². The summed E-state index contributed by atoms with van der Waals surface area (Å²) in [6, 6.07) is 7.12. The summed E-state index contributed by atoms with van der Waals surface area (Å²) < 4.78 is 1.28. The summed E-state index contributed by atoms with van der Waals surface area (Å²) >= 11 is 3.87. The predicted molar refractivity (Wildman–Crippen MR) is 87.5 cm³/mol. The minimum absolute atomic E-state index is 0.603. The van der Waals surface area contributed by atoms with E-state index in [1.54, 1.807) is 11.3 Å². The number of hydrogen-bond acceptors (Lipinski definition) is 4. The minimum Gasteiger partial charge on any atom is -0.358 e. The number of thiazole rings is 1. The van der Waals surface area contributed by atoms with Gasteiger partial charge in [-0.3, -0.25) is 0 Å². The van der Waals surface area contributed by atoms with E-state index in [0.29, 0.717) is 6.04 Å². The first-order valence-electron chi connectivity index (χ1n) is 7.01. The quantitative estimate of drug-likeness (QED) is 0.885. The van der Waals surface area contributed by atoms with Crippen molar-refractivity contribution < 1.29 is 0 Å². The van der Waals surface area contributed by atoms with Gasteiger partial charge in [0.1, 0.15) is 0 Å². The summed E-state index contributed by atoms with van der Waals surface area (Å²) in [4.78, 5) is 4.73. The first-order valence-corrected chi connectivity index (χ1v) is 8.88. The van der Waals surface area contributed by atoms with Crippen LogP contribution in [0.25, 0.3) is 10.2 Å². The van der Waals surface area contributed by atoms with Crippen LogP contribution in [0.1, 0.15) is 31.7 Å². The molecule has 2 unspecified atom stereocenters. The molecule has 3 rings (SSSR count). The molecule has 1 saturated carbocycles. The van der Waals surface area contributed by atoms with Crippen molar-refractivity contribution in [2.75, 3.05) is 11.1 Å². The maximum atomic E-state index is 4.73. The lowest BCUT2D eigenvalue weighted by Gasteiger charge is -2.19. The van der Waals surface area contributed by atoms with Crippen LogP contribution >= 0.6 is 23.1 Å². The highest BCUT2D eigenvalue weighted by atomic mass is 32.2. The Balaban J connectivity index is 1.77. The molecule has 0 bridgehead atoms. The second-order valence-corrected chi connectivity index (χ2v) is 7.71. The van der Waals surface area contributed by atoms with Gasteiger partial charge in [-0.15, -0.1) is 0 Å². The number of benzene rings is 1. The lowest BCUT2D eigenvalue weighted by molar-refractivity contribution is 0.767. The summed E-state index contributed by atoms with van der Waals surface area (Å²) in [5.41, 5.74) is 2.41. The molecule has 1 aromatic heterocycles. The molecule has 0 amide bonds. The fourth-order valence-corrected chi connectivity index (χ4v) is 4.87. The predicted octanol–water partition coefficient (Wildman–Crippen LogP) is 4.69. The van der Waals surface area contributed by atoms with Crippen molar-refractivity contribution >= 4 is 38.4 Å². The molecule has 1 heterocycles. The number of nitrogens with one attached hydrogen (secondary N) is 1. The van der Waals surface area contributed by atoms with Gasteiger partial charge in [0.25, 0.3) is 0 Å². The average Bonchev–Trinajstić information content (AvgIpc) is 2.97. The normalized spacial score (nSPS) is 23.1. The van der Waals surface area contributed by atoms with E-state index in [0.717, 1.165) is 15.9 Å². The molecular formula is C15H20N2S2. The molecular weight excluding hydrogens is 272 g/mol. The van der Waals surface area contributed by atoms with E-state index in [-0.39, 0.29) is 0 Å². The van der Waals surface area contributed by atoms with Gasteiger partial charge in [0.2, 0.25) is 0 Å². The van der Waals surface area contributed by atoms with E-state index in [4.69, 9.17) is 4.98 Å². The summed E-state index contributed by atoms with van der Waals surface area (Å²) in [6.45, 7) is 4.37. The number of aryl methyl sites for hydroxylation is 1. The highest BCUT2D eigenvalue weighted by Gasteiger charge is 2.27. The number of fused-ring (bicyclic) bond motifs is 1. The zero-order chi connectivity index (χ0) is 13.2. The van der Waals surface area contributed by atoms with Crippen molar-refractivity contribution in [1.82, 2.24) is 4.98 Å². The lowest BCUT2D eigenvalue weighted by atomic mass is 10.2. The van der Waals surface area contributed by atoms with Crippen molar-refractivity contribution in [3.05, 3.63) is 23.8 Å². The molecule has 0 radical (unpaired) electrons. The van der Waals surface area contributed by atoms with Crippen molar-refractivity contribution in [3.8, 4) is 0 Å². The van der Waals surface area contributed by atoms with Crippen LogP contribution in [0.5, 0.6) is 0 Å². The number of nitrogens with zero attached hydrogens (tertiary/aromatic N) is 1. The summed E-state index contributed by atoms with van der Waals surface area (Å²) in [7, 11) is 0. The van der Waals surface area contributed by atoms with Gasteiger partial charge in [-0.25, -0.2) is 4.98 Å². The molecule has 1 aliphatic rings. The highest BCUT2D eigenvalue weighted by molar-refractivity contribution is 7.99. The second kappa shape index (κ2) is 5.71. The third-order valence-corrected chi connectivity index (χ3v) is 5.98. The summed E-state index contributed by atoms with van der Waals surface area (Å²) in [5, 5.41) is 5.53. The van der Waals surface area contributed by atoms with E-state index < -0.39 is 0 Å². The van der Waals surface area contributed by atoms with Crippen LogP contribution in [0, 0.1) is 6.92 Å². The van der Waals surface area contributed by atoms with Gasteiger partial charge in [-0.1, -0.05) is 30.7 Å². The Morgan fingerprint density at radius 2 is 2.32 bits per heavy atom. The molecule has 0 spiro atoms. The Bertz CT molecular complexity index is 564. The minimum atomic E-state index is 0.603. The Kier molecular flexibility index (Phi) is 3.99. The summed E-state index contributed by atoms with van der Waals surface area (Å²) in [6.07, 6.45) is 3.98. The zero-order valence-corrected chi connectivity index (χ0v) is 13.1. The molecule has 2 atom stereocenters. The Morgan fingerprint density at radius 3 is 3.16 bits per heavy atom. The fourth-order valence-electron chi connectivity index (χ4n) is 2.76. The SMILES string of the molecule is CCSC1CCCC1Nc1nc2cc(C)ccc2s1. The first-order chi connectivity index (χ1) is 9.26. The number of hydrogen-bond donors (Lipinski definition) is 1. The van der Waals surface area contributed by atoms with Gasteiger partial charge >= 0.3 is 0 Å². The van der Waals surface area contributed by atoms with E-state index in [1.165, 1.54) is 35.3 Å². The van der Waals surface area contributed by atoms with Crippen LogP contribution in [-0.2, 0) is 0 Å². The number of aromatic nitrogens is 1. The summed E-state index contributed by atoms with van der Waals surface area (Å²) in [5.74, 6) is 1.21. The van der Waals surface area contributed by atoms with Crippen LogP contribution < -0.4 is 5.32 Å². The van der Waals surface area contributed by atoms with Crippen LogP contribution in [0.4, 0.5) is 5.13 Å². The first kappa shape index (κ1) is 13.3. The number of thioether (sulfide) groups is 1. The molecule has 1 fully saturated rings. The van der Waals surface area contributed by atoms with Crippen LogP contribution in [0.2, 0.25) is 0 Å². The zero-order valence-electron chi connectivity index (χ0n) is 11.5. The van der Waals surface area contributed by atoms with Crippen molar-refractivity contribution in [1.29, 1.82) is 0 Å². The fraction of sp³-hybridized carbons (Fsp3) is 0.533. The van der Waals surface area contributed by atoms with Gasteiger partial charge in [-0.2, -0.15) is 11.8 Å². The van der Waals surface area contributed by atoms with E-state index >= 15 is 0 Å². The largest absolute Gasteiger partial charge is 0.358 e. The molecule has 0 saturated heterocycles. The van der Waals surface area contributed by atoms with Crippen molar-refractivity contribution in [2.45, 2.75) is 44.4 Å². The lowest BCUT2D eigenvalue weighted by Crippen LogP contribution is -2.26. The third-order valence-electron chi connectivity index (χ3n) is 3.69. The van der Waals surface area contributed by atoms with Crippen LogP contribution in [0.3, 0.4) is 0 Å². The molecule has 4 heteroatoms. The molecule has 102 valence electrons. The van der Waals surface area contributed by atoms with E-state index in [2.05, 4.69) is 49.1 Å².